The molecule has 0 radical (unpaired) electrons. The Balaban J connectivity index is 2.29. The fourth-order valence-corrected chi connectivity index (χ4v) is 3.70. The number of hydrogen-bond donors (Lipinski definition) is 8. The SMILES string of the molecule is CCCCCOCC(=O)[C@]1(O)[C@@H](OC2(CO)O[C@H](CO)[C@@H](O)[C@@H]2O)O[C@H](CO)[C@@H](O)[C@@H]1O. The summed E-state index contributed by atoms with van der Waals surface area (Å²) in [5.74, 6) is -3.60. The van der Waals surface area contributed by atoms with Gasteiger partial charge in [0.05, 0.1) is 13.2 Å². The average molecular weight is 470 g/mol. The lowest BCUT2D eigenvalue weighted by molar-refractivity contribution is -0.398. The van der Waals surface area contributed by atoms with E-state index in [0.717, 1.165) is 12.8 Å². The van der Waals surface area contributed by atoms with Crippen LogP contribution in [0, 0.1) is 0 Å². The van der Waals surface area contributed by atoms with Gasteiger partial charge in [-0.15, -0.1) is 0 Å². The van der Waals surface area contributed by atoms with Gasteiger partial charge in [-0.25, -0.2) is 0 Å². The van der Waals surface area contributed by atoms with Gasteiger partial charge < -0.3 is 59.8 Å². The summed E-state index contributed by atoms with van der Waals surface area (Å²) in [6.45, 7) is -1.24. The highest BCUT2D eigenvalue weighted by Gasteiger charge is 2.64. The molecule has 13 nitrogen and oxygen atoms in total. The van der Waals surface area contributed by atoms with E-state index in [1.807, 2.05) is 6.92 Å². The molecule has 2 rings (SSSR count). The molecule has 0 aromatic rings. The van der Waals surface area contributed by atoms with E-state index >= 15 is 0 Å². The van der Waals surface area contributed by atoms with Gasteiger partial charge in [-0.3, -0.25) is 4.79 Å². The predicted octanol–water partition coefficient (Wildman–Crippen LogP) is -4.25. The molecule has 9 atom stereocenters. The van der Waals surface area contributed by atoms with Crippen LogP contribution < -0.4 is 0 Å². The van der Waals surface area contributed by atoms with E-state index in [-0.39, 0.29) is 6.61 Å². The van der Waals surface area contributed by atoms with Crippen LogP contribution in [-0.2, 0) is 23.7 Å². The number of carbonyl (C=O) groups excluding carboxylic acids is 1. The van der Waals surface area contributed by atoms with Crippen LogP contribution in [0.3, 0.4) is 0 Å². The number of Topliss-reactive ketones (excluding diaryl/α,β-unsaturated/α-hetero) is 1. The van der Waals surface area contributed by atoms with Gasteiger partial charge in [0.25, 0.3) is 0 Å². The first-order chi connectivity index (χ1) is 15.1. The van der Waals surface area contributed by atoms with Gasteiger partial charge in [0, 0.05) is 6.61 Å². The zero-order valence-corrected chi connectivity index (χ0v) is 17.8. The third kappa shape index (κ3) is 5.14. The minimum Gasteiger partial charge on any atom is -0.394 e. The Hall–Kier alpha value is -0.810. The number of ketones is 1. The van der Waals surface area contributed by atoms with Crippen LogP contribution in [0.4, 0.5) is 0 Å². The molecule has 2 saturated heterocycles. The molecule has 0 saturated carbocycles. The molecule has 0 amide bonds. The molecule has 13 heteroatoms. The highest BCUT2D eigenvalue weighted by molar-refractivity contribution is 5.89. The number of ether oxygens (including phenoxy) is 4. The molecule has 188 valence electrons. The minimum atomic E-state index is -2.96. The minimum absolute atomic E-state index is 0.187. The monoisotopic (exact) mass is 470 g/mol. The van der Waals surface area contributed by atoms with Gasteiger partial charge in [-0.1, -0.05) is 19.8 Å². The van der Waals surface area contributed by atoms with Gasteiger partial charge in [-0.05, 0) is 6.42 Å². The lowest BCUT2D eigenvalue weighted by Crippen LogP contribution is -2.72. The van der Waals surface area contributed by atoms with Gasteiger partial charge in [0.1, 0.15) is 49.8 Å². The molecule has 8 N–H and O–H groups in total. The van der Waals surface area contributed by atoms with Crippen molar-refractivity contribution in [3.8, 4) is 0 Å². The summed E-state index contributed by atoms with van der Waals surface area (Å²) in [5.41, 5.74) is -2.96. The zero-order valence-electron chi connectivity index (χ0n) is 17.8. The topological polar surface area (TPSA) is 216 Å². The van der Waals surface area contributed by atoms with Crippen molar-refractivity contribution in [2.24, 2.45) is 0 Å². The summed E-state index contributed by atoms with van der Waals surface area (Å²) < 4.78 is 21.2. The van der Waals surface area contributed by atoms with Crippen LogP contribution >= 0.6 is 0 Å². The van der Waals surface area contributed by atoms with Gasteiger partial charge in [0.15, 0.2) is 12.1 Å². The van der Waals surface area contributed by atoms with Gasteiger partial charge in [0.2, 0.25) is 11.4 Å². The molecular formula is C19H34O13. The van der Waals surface area contributed by atoms with E-state index in [2.05, 4.69) is 0 Å². The Bertz CT molecular complexity index is 606. The van der Waals surface area contributed by atoms with Crippen molar-refractivity contribution < 1.29 is 64.6 Å². The van der Waals surface area contributed by atoms with Crippen LogP contribution in [0.2, 0.25) is 0 Å². The molecule has 2 fully saturated rings. The molecule has 2 aliphatic rings. The second kappa shape index (κ2) is 11.6. The summed E-state index contributed by atoms with van der Waals surface area (Å²) in [5, 5.41) is 80.7. The van der Waals surface area contributed by atoms with Crippen molar-refractivity contribution >= 4 is 5.78 Å². The molecular weight excluding hydrogens is 436 g/mol. The molecule has 0 bridgehead atoms. The molecule has 1 unspecified atom stereocenters. The standard InChI is InChI=1S/C19H34O13/c1-2-3-4-5-29-8-12(23)19(28)16(27)13(24)10(6-20)30-17(19)32-18(9-22)15(26)14(25)11(7-21)31-18/h10-11,13-17,20-22,24-28H,2-9H2,1H3/t10-,11-,13-,14-,15+,16+,17-,18?,19-/m1/s1. The largest absolute Gasteiger partial charge is 0.394 e. The Labute approximate surface area is 184 Å². The highest BCUT2D eigenvalue weighted by atomic mass is 16.8. The Morgan fingerprint density at radius 1 is 0.969 bits per heavy atom. The van der Waals surface area contributed by atoms with Crippen molar-refractivity contribution in [2.45, 2.75) is 80.5 Å². The number of carbonyl (C=O) groups is 1. The fourth-order valence-electron chi connectivity index (χ4n) is 3.70. The number of unbranched alkanes of at least 4 members (excludes halogenated alkanes) is 2. The van der Waals surface area contributed by atoms with Crippen LogP contribution in [0.15, 0.2) is 0 Å². The molecule has 0 aliphatic carbocycles. The van der Waals surface area contributed by atoms with E-state index in [1.165, 1.54) is 0 Å². The van der Waals surface area contributed by atoms with Crippen molar-refractivity contribution in [1.82, 2.24) is 0 Å². The molecule has 0 aromatic heterocycles. The van der Waals surface area contributed by atoms with E-state index < -0.39 is 86.5 Å². The van der Waals surface area contributed by atoms with Crippen LogP contribution in [0.1, 0.15) is 26.2 Å². The molecule has 0 aromatic carbocycles. The van der Waals surface area contributed by atoms with Gasteiger partial charge in [-0.2, -0.15) is 0 Å². The van der Waals surface area contributed by atoms with E-state index in [4.69, 9.17) is 18.9 Å². The smallest absolute Gasteiger partial charge is 0.224 e. The summed E-state index contributed by atoms with van der Waals surface area (Å²) in [4.78, 5) is 12.8. The fraction of sp³-hybridized carbons (Fsp3) is 0.947. The normalized spacial score (nSPS) is 42.3. The van der Waals surface area contributed by atoms with Crippen molar-refractivity contribution in [3.05, 3.63) is 0 Å². The van der Waals surface area contributed by atoms with Crippen molar-refractivity contribution in [3.63, 3.8) is 0 Å². The Morgan fingerprint density at radius 2 is 1.59 bits per heavy atom. The number of hydrogen-bond acceptors (Lipinski definition) is 13. The third-order valence-corrected chi connectivity index (χ3v) is 5.78. The number of aliphatic hydroxyl groups is 8. The van der Waals surface area contributed by atoms with E-state index in [1.54, 1.807) is 0 Å². The summed E-state index contributed by atoms with van der Waals surface area (Å²) >= 11 is 0. The van der Waals surface area contributed by atoms with Crippen molar-refractivity contribution in [1.29, 1.82) is 0 Å². The van der Waals surface area contributed by atoms with E-state index in [9.17, 15) is 45.6 Å². The number of aliphatic hydroxyl groups excluding tert-OH is 7. The number of rotatable bonds is 12. The van der Waals surface area contributed by atoms with Crippen LogP contribution in [0.25, 0.3) is 0 Å². The first-order valence-electron chi connectivity index (χ1n) is 10.5. The maximum absolute atomic E-state index is 12.8. The van der Waals surface area contributed by atoms with E-state index in [0.29, 0.717) is 6.42 Å². The Kier molecular flexibility index (Phi) is 9.90. The highest BCUT2D eigenvalue weighted by Crippen LogP contribution is 2.39. The summed E-state index contributed by atoms with van der Waals surface area (Å²) in [7, 11) is 0. The average Bonchev–Trinajstić information content (AvgIpc) is 3.04. The second-order valence-corrected chi connectivity index (χ2v) is 7.99. The second-order valence-electron chi connectivity index (χ2n) is 7.99. The zero-order chi connectivity index (χ0) is 24.1. The summed E-state index contributed by atoms with van der Waals surface area (Å²) in [6.07, 6.45) is -10.4. The lowest BCUT2D eigenvalue weighted by Gasteiger charge is -2.48. The third-order valence-electron chi connectivity index (χ3n) is 5.78. The van der Waals surface area contributed by atoms with Crippen LogP contribution in [0.5, 0.6) is 0 Å². The lowest BCUT2D eigenvalue weighted by atomic mass is 9.83. The maximum atomic E-state index is 12.8. The van der Waals surface area contributed by atoms with Gasteiger partial charge >= 0.3 is 0 Å². The maximum Gasteiger partial charge on any atom is 0.224 e. The first kappa shape index (κ1) is 27.4. The first-order valence-corrected chi connectivity index (χ1v) is 10.5. The van der Waals surface area contributed by atoms with Crippen molar-refractivity contribution in [2.75, 3.05) is 33.0 Å². The quantitative estimate of drug-likeness (QED) is 0.127. The van der Waals surface area contributed by atoms with Crippen LogP contribution in [-0.4, -0.2) is 134 Å². The Morgan fingerprint density at radius 3 is 2.12 bits per heavy atom. The molecule has 0 spiro atoms. The predicted molar refractivity (Wildman–Crippen MR) is 103 cm³/mol. The summed E-state index contributed by atoms with van der Waals surface area (Å²) in [6, 6.07) is 0. The molecule has 32 heavy (non-hydrogen) atoms. The molecule has 2 aliphatic heterocycles. The molecule has 2 heterocycles.